The molecule has 0 amide bonds. The lowest BCUT2D eigenvalue weighted by molar-refractivity contribution is 0.112. The van der Waals surface area contributed by atoms with E-state index in [0.29, 0.717) is 0 Å². The van der Waals surface area contributed by atoms with E-state index in [4.69, 9.17) is 11.5 Å². The van der Waals surface area contributed by atoms with Crippen molar-refractivity contribution in [2.45, 2.75) is 0 Å². The molecule has 5 aromatic rings. The van der Waals surface area contributed by atoms with E-state index in [0.717, 1.165) is 30.8 Å². The Balaban J connectivity index is 0.000000174. The fourth-order valence-electron chi connectivity index (χ4n) is 2.01. The van der Waals surface area contributed by atoms with Gasteiger partial charge in [-0.05, 0) is 34.3 Å². The normalized spacial score (nSPS) is 9.94. The van der Waals surface area contributed by atoms with Crippen molar-refractivity contribution >= 4 is 107 Å². The molecule has 0 unspecified atom stereocenters. The zero-order valence-corrected chi connectivity index (χ0v) is 21.3. The van der Waals surface area contributed by atoms with Crippen molar-refractivity contribution in [3.63, 3.8) is 0 Å². The number of thiocarbonyl (C=S) groups is 2. The minimum atomic E-state index is 0.102. The van der Waals surface area contributed by atoms with Gasteiger partial charge in [0.25, 0.3) is 0 Å². The van der Waals surface area contributed by atoms with Gasteiger partial charge in [-0.2, -0.15) is 0 Å². The molecule has 0 aliphatic heterocycles. The summed E-state index contributed by atoms with van der Waals surface area (Å²) in [6.07, 6.45) is 0.852. The molecule has 158 valence electrons. The fourth-order valence-corrected chi connectivity index (χ4v) is 6.17. The van der Waals surface area contributed by atoms with Crippen LogP contribution in [0, 0.1) is 0 Å². The van der Waals surface area contributed by atoms with Crippen LogP contribution in [-0.2, 0) is 0 Å². The molecule has 0 saturated heterocycles. The van der Waals surface area contributed by atoms with Gasteiger partial charge in [0.15, 0.2) is 15.9 Å². The molecule has 0 fully saturated rings. The van der Waals surface area contributed by atoms with Crippen LogP contribution in [0.15, 0.2) is 52.5 Å². The molecule has 0 aliphatic carbocycles. The Bertz CT molecular complexity index is 1150. The molecule has 0 radical (unpaired) electrons. The highest BCUT2D eigenvalue weighted by molar-refractivity contribution is 7.89. The van der Waals surface area contributed by atoms with E-state index in [1.165, 1.54) is 21.1 Å². The summed E-state index contributed by atoms with van der Waals surface area (Å²) in [7, 11) is 0. The van der Waals surface area contributed by atoms with Crippen molar-refractivity contribution in [2.75, 3.05) is 0 Å². The minimum absolute atomic E-state index is 0.102. The maximum absolute atomic E-state index is 9.88. The highest BCUT2D eigenvalue weighted by Gasteiger charge is 2.13. The number of aldehydes is 1. The van der Waals surface area contributed by atoms with E-state index in [1.54, 1.807) is 51.4 Å². The van der Waals surface area contributed by atoms with Crippen LogP contribution in [0.2, 0.25) is 0 Å². The second kappa shape index (κ2) is 11.6. The number of carbonyl (C=O) groups is 1. The Morgan fingerprint density at radius 1 is 0.774 bits per heavy atom. The quantitative estimate of drug-likeness (QED) is 0.205. The monoisotopic (exact) mass is 538 g/mol. The third-order valence-electron chi connectivity index (χ3n) is 3.34. The Morgan fingerprint density at radius 3 is 1.52 bits per heavy atom. The number of aromatic nitrogens is 2. The third kappa shape index (κ3) is 6.77. The predicted molar refractivity (Wildman–Crippen MR) is 145 cm³/mol. The first-order valence-corrected chi connectivity index (χ1v) is 13.5. The van der Waals surface area contributed by atoms with Gasteiger partial charge in [-0.3, -0.25) is 4.79 Å². The van der Waals surface area contributed by atoms with Crippen LogP contribution in [0.3, 0.4) is 0 Å². The summed E-state index contributed by atoms with van der Waals surface area (Å²) in [6.45, 7) is 0. The zero-order valence-electron chi connectivity index (χ0n) is 15.6. The molecule has 5 aromatic heterocycles. The summed E-state index contributed by atoms with van der Waals surface area (Å²) in [5.74, 6) is 0. The first kappa shape index (κ1) is 23.7. The van der Waals surface area contributed by atoms with E-state index in [9.17, 15) is 4.79 Å². The van der Waals surface area contributed by atoms with Gasteiger partial charge in [0.2, 0.25) is 0 Å². The second-order valence-corrected chi connectivity index (χ2v) is 11.2. The first-order valence-electron chi connectivity index (χ1n) is 8.41. The molecular weight excluding hydrogens is 525 g/mol. The maximum atomic E-state index is 9.88. The van der Waals surface area contributed by atoms with Crippen molar-refractivity contribution in [2.24, 2.45) is 11.5 Å². The van der Waals surface area contributed by atoms with E-state index in [-0.39, 0.29) is 9.98 Å². The molecule has 4 N–H and O–H groups in total. The van der Waals surface area contributed by atoms with Crippen molar-refractivity contribution in [3.05, 3.63) is 57.4 Å². The predicted octanol–water partition coefficient (Wildman–Crippen LogP) is 6.33. The lowest BCUT2D eigenvalue weighted by Crippen LogP contribution is -2.26. The lowest BCUT2D eigenvalue weighted by atomic mass is 10.5. The summed E-state index contributed by atoms with van der Waals surface area (Å²) in [6, 6.07) is 12.0. The van der Waals surface area contributed by atoms with Crippen molar-refractivity contribution in [1.82, 2.24) is 9.97 Å². The zero-order chi connectivity index (χ0) is 22.2. The van der Waals surface area contributed by atoms with E-state index >= 15 is 0 Å². The highest BCUT2D eigenvalue weighted by atomic mass is 32.1. The van der Waals surface area contributed by atoms with Crippen LogP contribution in [0.25, 0.3) is 29.4 Å². The molecular formula is C19H14N4OS7. The van der Waals surface area contributed by atoms with Crippen LogP contribution in [-0.4, -0.2) is 26.2 Å². The Hall–Kier alpha value is -1.93. The number of carbonyl (C=O) groups excluding carboxylic acids is 1. The number of rotatable bonds is 3. The summed E-state index contributed by atoms with van der Waals surface area (Å²) < 4.78 is 0. The molecule has 5 nitrogen and oxygen atoms in total. The highest BCUT2D eigenvalue weighted by Crippen LogP contribution is 2.38. The maximum Gasteiger partial charge on any atom is 0.159 e. The molecule has 0 bridgehead atoms. The molecule has 5 heterocycles. The van der Waals surface area contributed by atoms with Gasteiger partial charge in [-0.25, -0.2) is 9.97 Å². The van der Waals surface area contributed by atoms with Crippen LogP contribution in [0.4, 0.5) is 0 Å². The van der Waals surface area contributed by atoms with Gasteiger partial charge in [0, 0.05) is 0 Å². The summed E-state index contributed by atoms with van der Waals surface area (Å²) in [5.41, 5.74) is 9.80. The molecule has 0 saturated carbocycles. The number of fused-ring (bicyclic) bond motifs is 1. The number of nitrogens with two attached hydrogens (primary N) is 2. The van der Waals surface area contributed by atoms with Gasteiger partial charge < -0.3 is 11.5 Å². The largest absolute Gasteiger partial charge is 0.388 e. The molecule has 0 aromatic carbocycles. The Morgan fingerprint density at radius 2 is 1.23 bits per heavy atom. The number of nitrogens with zero attached hydrogens (tertiary/aromatic N) is 2. The van der Waals surface area contributed by atoms with Crippen LogP contribution in [0.5, 0.6) is 0 Å². The number of thiazole rings is 2. The summed E-state index contributed by atoms with van der Waals surface area (Å²) >= 11 is 16.9. The Kier molecular flexibility index (Phi) is 8.90. The average molecular weight is 539 g/mol. The second-order valence-electron chi connectivity index (χ2n) is 5.46. The standard InChI is InChI=1S/C12H6N2S4.C5H4OS.C2H4N2S2/c1-3-7(15-5-1)9-13-11-12(17-9)14-10(18-11)8-4-2-6-16-8;6-4-5-2-1-3-7-5;3-1(5)2(4)6/h1-6H;1-4H;(H2,3,5)(H2,4,6). The van der Waals surface area contributed by atoms with Crippen LogP contribution >= 0.6 is 81.1 Å². The van der Waals surface area contributed by atoms with E-state index in [2.05, 4.69) is 69.4 Å². The van der Waals surface area contributed by atoms with Crippen molar-refractivity contribution in [3.8, 4) is 19.8 Å². The summed E-state index contributed by atoms with van der Waals surface area (Å²) in [5, 5.41) is 8.20. The fraction of sp³-hybridized carbons (Fsp3) is 0. The van der Waals surface area contributed by atoms with E-state index in [1.807, 2.05) is 11.4 Å². The molecule has 12 heteroatoms. The van der Waals surface area contributed by atoms with Crippen LogP contribution < -0.4 is 11.5 Å². The molecule has 0 atom stereocenters. The first-order chi connectivity index (χ1) is 15.0. The van der Waals surface area contributed by atoms with Gasteiger partial charge in [0.05, 0.1) is 14.6 Å². The average Bonchev–Trinajstić information content (AvgIpc) is 3.56. The Labute approximate surface area is 209 Å². The van der Waals surface area contributed by atoms with Crippen molar-refractivity contribution in [1.29, 1.82) is 0 Å². The molecule has 0 spiro atoms. The van der Waals surface area contributed by atoms with Crippen LogP contribution in [0.1, 0.15) is 9.67 Å². The van der Waals surface area contributed by atoms with Crippen molar-refractivity contribution < 1.29 is 4.79 Å². The number of hydrogen-bond acceptors (Lipinski definition) is 10. The smallest absolute Gasteiger partial charge is 0.159 e. The molecule has 5 rings (SSSR count). The van der Waals surface area contributed by atoms with Gasteiger partial charge >= 0.3 is 0 Å². The lowest BCUT2D eigenvalue weighted by Gasteiger charge is -1.87. The SMILES string of the molecule is NC(=S)C(N)=S.O=Cc1cccs1.c1csc(-c2nc3sc(-c4cccs4)nc3s2)c1. The third-order valence-corrected chi connectivity index (χ3v) is 8.81. The minimum Gasteiger partial charge on any atom is -0.388 e. The topological polar surface area (TPSA) is 94.9 Å². The van der Waals surface area contributed by atoms with E-state index < -0.39 is 0 Å². The summed E-state index contributed by atoms with van der Waals surface area (Å²) in [4.78, 5) is 24.8. The number of thiophene rings is 3. The van der Waals surface area contributed by atoms with Gasteiger partial charge in [-0.15, -0.1) is 34.0 Å². The number of hydrogen-bond donors (Lipinski definition) is 2. The molecule has 0 aliphatic rings. The molecule has 31 heavy (non-hydrogen) atoms. The van der Waals surface area contributed by atoms with Gasteiger partial charge in [0.1, 0.15) is 20.0 Å². The van der Waals surface area contributed by atoms with Gasteiger partial charge in [-0.1, -0.05) is 65.3 Å².